The third-order valence-corrected chi connectivity index (χ3v) is 7.89. The molecule has 2 aromatic carbocycles. The number of unbranched alkanes of at least 4 members (excludes halogenated alkanes) is 1. The van der Waals surface area contributed by atoms with Crippen LogP contribution < -0.4 is 0 Å². The maximum absolute atomic E-state index is 12.8. The molecule has 2 aliphatic rings. The molecule has 2 bridgehead atoms. The van der Waals surface area contributed by atoms with Crippen molar-refractivity contribution < 1.29 is 19.1 Å². The molecular weight excluding hydrogens is 398 g/mol. The van der Waals surface area contributed by atoms with Gasteiger partial charge in [-0.2, -0.15) is 0 Å². The van der Waals surface area contributed by atoms with Gasteiger partial charge in [-0.25, -0.2) is 0 Å². The molecule has 172 valence electrons. The normalized spacial score (nSPS) is 27.8. The van der Waals surface area contributed by atoms with E-state index in [1.807, 2.05) is 30.3 Å². The molecule has 4 rings (SSSR count). The number of aliphatic hydroxyl groups excluding tert-OH is 1. The van der Waals surface area contributed by atoms with E-state index in [0.29, 0.717) is 12.1 Å². The third kappa shape index (κ3) is 4.92. The minimum atomic E-state index is -0.595. The Balaban J connectivity index is 1.38. The smallest absolute Gasteiger partial charge is 0.316 e. The standard InChI is InChI=1S/C28H38NO3/c1-3-4-8-21-11-13-22(14-12-21)19-29(2)24-15-16-25(29)18-26(17-24)32-28(31)27(20-30)23-9-6-5-7-10-23/h5-7,9-14,24-27,30H,3-4,8,15-20H2,1-2H3/q+1/t24-,25+,26?,27?,29?. The molecule has 32 heavy (non-hydrogen) atoms. The van der Waals surface area contributed by atoms with E-state index in [4.69, 9.17) is 4.74 Å². The number of nitrogens with zero attached hydrogens (tertiary/aromatic N) is 1. The summed E-state index contributed by atoms with van der Waals surface area (Å²) in [6.07, 6.45) is 7.84. The first kappa shape index (κ1) is 23.0. The van der Waals surface area contributed by atoms with Crippen LogP contribution in [0.2, 0.25) is 0 Å². The summed E-state index contributed by atoms with van der Waals surface area (Å²) in [5.41, 5.74) is 3.66. The number of rotatable bonds is 9. The molecule has 2 saturated heterocycles. The summed E-state index contributed by atoms with van der Waals surface area (Å²) in [6.45, 7) is 3.07. The third-order valence-electron chi connectivity index (χ3n) is 7.89. The first-order valence-corrected chi connectivity index (χ1v) is 12.3. The van der Waals surface area contributed by atoms with E-state index in [-0.39, 0.29) is 18.7 Å². The Kier molecular flexibility index (Phi) is 7.32. The summed E-state index contributed by atoms with van der Waals surface area (Å²) in [4.78, 5) is 12.8. The van der Waals surface area contributed by atoms with Crippen LogP contribution in [0.15, 0.2) is 54.6 Å². The number of hydrogen-bond donors (Lipinski definition) is 1. The van der Waals surface area contributed by atoms with Crippen molar-refractivity contribution in [3.8, 4) is 0 Å². The van der Waals surface area contributed by atoms with Crippen molar-refractivity contribution in [1.29, 1.82) is 0 Å². The van der Waals surface area contributed by atoms with Gasteiger partial charge in [0.15, 0.2) is 0 Å². The summed E-state index contributed by atoms with van der Waals surface area (Å²) in [5.74, 6) is -0.884. The predicted molar refractivity (Wildman–Crippen MR) is 127 cm³/mol. The van der Waals surface area contributed by atoms with Gasteiger partial charge >= 0.3 is 5.97 Å². The Bertz CT molecular complexity index is 865. The van der Waals surface area contributed by atoms with Crippen LogP contribution >= 0.6 is 0 Å². The number of hydrogen-bond acceptors (Lipinski definition) is 3. The molecule has 4 heteroatoms. The second-order valence-corrected chi connectivity index (χ2v) is 9.99. The quantitative estimate of drug-likeness (QED) is 0.445. The molecule has 0 saturated carbocycles. The number of carbonyl (C=O) groups excluding carboxylic acids is 1. The van der Waals surface area contributed by atoms with Gasteiger partial charge in [0.25, 0.3) is 0 Å². The van der Waals surface area contributed by atoms with Gasteiger partial charge in [-0.05, 0) is 24.0 Å². The van der Waals surface area contributed by atoms with E-state index in [2.05, 4.69) is 38.2 Å². The van der Waals surface area contributed by atoms with Gasteiger partial charge in [-0.3, -0.25) is 4.79 Å². The second-order valence-electron chi connectivity index (χ2n) is 9.99. The lowest BCUT2D eigenvalue weighted by Crippen LogP contribution is -2.58. The Hall–Kier alpha value is -2.17. The molecule has 0 aromatic heterocycles. The first-order valence-electron chi connectivity index (χ1n) is 12.3. The van der Waals surface area contributed by atoms with Gasteiger partial charge in [-0.1, -0.05) is 67.9 Å². The van der Waals surface area contributed by atoms with Crippen LogP contribution in [0.1, 0.15) is 68.1 Å². The zero-order valence-corrected chi connectivity index (χ0v) is 19.6. The zero-order valence-electron chi connectivity index (χ0n) is 19.6. The van der Waals surface area contributed by atoms with Gasteiger partial charge in [0.2, 0.25) is 0 Å². The number of esters is 1. The average Bonchev–Trinajstić information content (AvgIpc) is 2.96. The van der Waals surface area contributed by atoms with E-state index in [0.717, 1.165) is 29.4 Å². The van der Waals surface area contributed by atoms with Gasteiger partial charge in [0.05, 0.1) is 25.7 Å². The Morgan fingerprint density at radius 3 is 2.25 bits per heavy atom. The molecule has 2 aromatic rings. The van der Waals surface area contributed by atoms with E-state index >= 15 is 0 Å². The van der Waals surface area contributed by atoms with Crippen LogP contribution in [-0.2, 0) is 22.5 Å². The maximum atomic E-state index is 12.8. The predicted octanol–water partition coefficient (Wildman–Crippen LogP) is 4.99. The fourth-order valence-corrected chi connectivity index (χ4v) is 5.88. The number of piperidine rings is 1. The lowest BCUT2D eigenvalue weighted by atomic mass is 9.94. The summed E-state index contributed by atoms with van der Waals surface area (Å²) < 4.78 is 7.03. The Morgan fingerprint density at radius 2 is 1.66 bits per heavy atom. The second kappa shape index (κ2) is 10.2. The fraction of sp³-hybridized carbons (Fsp3) is 0.536. The van der Waals surface area contributed by atoms with Gasteiger partial charge in [0, 0.05) is 31.2 Å². The lowest BCUT2D eigenvalue weighted by Gasteiger charge is -2.47. The number of quaternary nitrogens is 1. The Labute approximate surface area is 192 Å². The molecule has 0 radical (unpaired) electrons. The van der Waals surface area contributed by atoms with Gasteiger partial charge in [-0.15, -0.1) is 0 Å². The fourth-order valence-electron chi connectivity index (χ4n) is 5.88. The van der Waals surface area contributed by atoms with Crippen LogP contribution in [0.25, 0.3) is 0 Å². The molecular formula is C28H38NO3+. The SMILES string of the molecule is CCCCc1ccc(C[N+]2(C)[C@@H]3CC[C@H]2CC(OC(=O)C(CO)c2ccccc2)C3)cc1. The van der Waals surface area contributed by atoms with Crippen molar-refractivity contribution in [3.63, 3.8) is 0 Å². The highest BCUT2D eigenvalue weighted by molar-refractivity contribution is 5.78. The molecule has 5 atom stereocenters. The van der Waals surface area contributed by atoms with Crippen molar-refractivity contribution in [3.05, 3.63) is 71.3 Å². The Morgan fingerprint density at radius 1 is 1.03 bits per heavy atom. The van der Waals surface area contributed by atoms with Crippen LogP contribution in [0.4, 0.5) is 0 Å². The minimum Gasteiger partial charge on any atom is -0.461 e. The highest BCUT2D eigenvalue weighted by Gasteiger charge is 2.52. The molecule has 1 N–H and O–H groups in total. The van der Waals surface area contributed by atoms with Crippen molar-refractivity contribution in [2.24, 2.45) is 0 Å². The molecule has 2 heterocycles. The number of aliphatic hydroxyl groups is 1. The highest BCUT2D eigenvalue weighted by atomic mass is 16.5. The molecule has 0 amide bonds. The van der Waals surface area contributed by atoms with Crippen molar-refractivity contribution in [1.82, 2.24) is 0 Å². The van der Waals surface area contributed by atoms with E-state index in [1.54, 1.807) is 0 Å². The van der Waals surface area contributed by atoms with Crippen molar-refractivity contribution in [2.45, 2.75) is 82.5 Å². The van der Waals surface area contributed by atoms with Crippen molar-refractivity contribution in [2.75, 3.05) is 13.7 Å². The highest BCUT2D eigenvalue weighted by Crippen LogP contribution is 2.43. The minimum absolute atomic E-state index is 0.0413. The number of fused-ring (bicyclic) bond motifs is 2. The number of ether oxygens (including phenoxy) is 1. The summed E-state index contributed by atoms with van der Waals surface area (Å²) in [5, 5.41) is 9.81. The van der Waals surface area contributed by atoms with E-state index < -0.39 is 5.92 Å². The van der Waals surface area contributed by atoms with Crippen LogP contribution in [0, 0.1) is 0 Å². The van der Waals surface area contributed by atoms with Crippen LogP contribution in [-0.4, -0.2) is 47.4 Å². The zero-order chi connectivity index (χ0) is 22.6. The maximum Gasteiger partial charge on any atom is 0.316 e. The number of aryl methyl sites for hydroxylation is 1. The lowest BCUT2D eigenvalue weighted by molar-refractivity contribution is -0.961. The molecule has 3 unspecified atom stereocenters. The summed E-state index contributed by atoms with van der Waals surface area (Å²) >= 11 is 0. The van der Waals surface area contributed by atoms with E-state index in [1.165, 1.54) is 43.2 Å². The van der Waals surface area contributed by atoms with Crippen molar-refractivity contribution >= 4 is 5.97 Å². The molecule has 4 nitrogen and oxygen atoms in total. The van der Waals surface area contributed by atoms with Gasteiger partial charge < -0.3 is 14.3 Å². The summed E-state index contributed by atoms with van der Waals surface area (Å²) in [7, 11) is 2.39. The largest absolute Gasteiger partial charge is 0.461 e. The molecule has 2 aliphatic heterocycles. The molecule has 0 aliphatic carbocycles. The first-order chi connectivity index (χ1) is 15.5. The number of benzene rings is 2. The van der Waals surface area contributed by atoms with Gasteiger partial charge in [0.1, 0.15) is 18.6 Å². The van der Waals surface area contributed by atoms with Crippen LogP contribution in [0.3, 0.4) is 0 Å². The number of carbonyl (C=O) groups is 1. The van der Waals surface area contributed by atoms with E-state index in [9.17, 15) is 9.90 Å². The molecule has 0 spiro atoms. The average molecular weight is 437 g/mol. The monoisotopic (exact) mass is 436 g/mol. The summed E-state index contributed by atoms with van der Waals surface area (Å²) in [6, 6.07) is 19.7. The topological polar surface area (TPSA) is 46.5 Å². The molecule has 2 fully saturated rings. The van der Waals surface area contributed by atoms with Crippen LogP contribution in [0.5, 0.6) is 0 Å².